The summed E-state index contributed by atoms with van der Waals surface area (Å²) < 4.78 is 21.8. The summed E-state index contributed by atoms with van der Waals surface area (Å²) >= 11 is 0. The Bertz CT molecular complexity index is 1020. The number of hydrogen-bond acceptors (Lipinski definition) is 9. The number of ether oxygens (including phenoxy) is 1. The van der Waals surface area contributed by atoms with E-state index in [1.807, 2.05) is 18.4 Å². The van der Waals surface area contributed by atoms with Crippen molar-refractivity contribution in [1.29, 1.82) is 0 Å². The van der Waals surface area contributed by atoms with E-state index >= 15 is 4.39 Å². The third-order valence-corrected chi connectivity index (χ3v) is 9.21. The van der Waals surface area contributed by atoms with E-state index < -0.39 is 6.17 Å². The third-order valence-electron chi connectivity index (χ3n) is 9.21. The first-order valence-corrected chi connectivity index (χ1v) is 14.5. The van der Waals surface area contributed by atoms with E-state index in [2.05, 4.69) is 56.6 Å². The number of hydrogen-bond donors (Lipinski definition) is 6. The second-order valence-electron chi connectivity index (χ2n) is 11.7. The molecule has 0 aromatic heterocycles. The van der Waals surface area contributed by atoms with Crippen molar-refractivity contribution in [3.63, 3.8) is 0 Å². The van der Waals surface area contributed by atoms with E-state index in [1.165, 1.54) is 6.08 Å². The van der Waals surface area contributed by atoms with Crippen LogP contribution >= 0.6 is 0 Å². The fourth-order valence-corrected chi connectivity index (χ4v) is 7.01. The second-order valence-corrected chi connectivity index (χ2v) is 11.7. The van der Waals surface area contributed by atoms with Gasteiger partial charge in [0.15, 0.2) is 0 Å². The summed E-state index contributed by atoms with van der Waals surface area (Å²) in [6.45, 7) is 8.40. The maximum Gasteiger partial charge on any atom is 0.246 e. The molecule has 6 rings (SSSR count). The maximum absolute atomic E-state index is 15.4. The molecule has 3 saturated heterocycles. The van der Waals surface area contributed by atoms with Gasteiger partial charge in [-0.05, 0) is 56.3 Å². The number of piperidine rings is 1. The van der Waals surface area contributed by atoms with Gasteiger partial charge in [-0.25, -0.2) is 9.82 Å². The van der Waals surface area contributed by atoms with Crippen LogP contribution in [-0.2, 0) is 9.53 Å². The molecule has 1 saturated carbocycles. The van der Waals surface area contributed by atoms with Crippen LogP contribution < -0.4 is 32.0 Å². The lowest BCUT2D eigenvalue weighted by molar-refractivity contribution is -0.125. The van der Waals surface area contributed by atoms with Crippen molar-refractivity contribution in [3.05, 3.63) is 48.4 Å². The monoisotopic (exact) mass is 542 g/mol. The Morgan fingerprint density at radius 3 is 2.92 bits per heavy atom. The van der Waals surface area contributed by atoms with Crippen LogP contribution in [0.2, 0.25) is 0 Å². The van der Waals surface area contributed by atoms with Crippen LogP contribution in [-0.4, -0.2) is 91.0 Å². The Morgan fingerprint density at radius 2 is 2.13 bits per heavy atom. The first-order chi connectivity index (χ1) is 19.0. The van der Waals surface area contributed by atoms with E-state index in [4.69, 9.17) is 4.74 Å². The lowest BCUT2D eigenvalue weighted by Crippen LogP contribution is -2.75. The molecular weight excluding hydrogens is 499 g/mol. The van der Waals surface area contributed by atoms with Crippen molar-refractivity contribution in [1.82, 2.24) is 41.9 Å². The molecule has 6 N–H and O–H groups in total. The summed E-state index contributed by atoms with van der Waals surface area (Å²) in [5.41, 5.74) is 4.33. The lowest BCUT2D eigenvalue weighted by Gasteiger charge is -2.49. The van der Waals surface area contributed by atoms with E-state index in [0.717, 1.165) is 37.3 Å². The second kappa shape index (κ2) is 11.7. The normalized spacial score (nSPS) is 40.3. The number of allylic oxidation sites excluding steroid dienone is 1. The number of carbonyl (C=O) groups excluding carboxylic acids is 1. The largest absolute Gasteiger partial charge is 0.490 e. The molecule has 0 spiro atoms. The molecule has 0 radical (unpaired) electrons. The average Bonchev–Trinajstić information content (AvgIpc) is 3.42. The molecule has 39 heavy (non-hydrogen) atoms. The topological polar surface area (TPSA) is 105 Å². The van der Waals surface area contributed by atoms with Gasteiger partial charge in [0, 0.05) is 38.0 Å². The summed E-state index contributed by atoms with van der Waals surface area (Å²) in [6, 6.07) is 0.192. The zero-order valence-corrected chi connectivity index (χ0v) is 22.7. The zero-order chi connectivity index (χ0) is 26.9. The summed E-state index contributed by atoms with van der Waals surface area (Å²) in [4.78, 5) is 13.7. The minimum atomic E-state index is -0.955. The fourth-order valence-electron chi connectivity index (χ4n) is 7.01. The van der Waals surface area contributed by atoms with Crippen molar-refractivity contribution < 1.29 is 13.9 Å². The Morgan fingerprint density at radius 1 is 1.23 bits per heavy atom. The molecule has 4 fully saturated rings. The van der Waals surface area contributed by atoms with Gasteiger partial charge in [-0.15, -0.1) is 0 Å². The molecule has 0 aromatic rings. The highest BCUT2D eigenvalue weighted by Crippen LogP contribution is 2.32. The molecule has 10 nitrogen and oxygen atoms in total. The molecule has 0 aromatic carbocycles. The van der Waals surface area contributed by atoms with Crippen molar-refractivity contribution >= 4 is 5.91 Å². The predicted molar refractivity (Wildman–Crippen MR) is 147 cm³/mol. The van der Waals surface area contributed by atoms with Gasteiger partial charge in [-0.2, -0.15) is 0 Å². The molecule has 5 aliphatic heterocycles. The van der Waals surface area contributed by atoms with Gasteiger partial charge in [0.25, 0.3) is 0 Å². The summed E-state index contributed by atoms with van der Waals surface area (Å²) in [6.07, 6.45) is 13.3. The summed E-state index contributed by atoms with van der Waals surface area (Å²) in [7, 11) is 0. The summed E-state index contributed by atoms with van der Waals surface area (Å²) in [5.74, 6) is 1.29. The van der Waals surface area contributed by atoms with Crippen LogP contribution in [0.15, 0.2) is 48.4 Å². The molecule has 9 atom stereocenters. The predicted octanol–water partition coefficient (Wildman–Crippen LogP) is 0.513. The molecule has 5 heterocycles. The fraction of sp³-hybridized carbons (Fsp3) is 0.679. The smallest absolute Gasteiger partial charge is 0.246 e. The van der Waals surface area contributed by atoms with E-state index in [0.29, 0.717) is 44.6 Å². The number of carbonyl (C=O) groups is 1. The molecule has 1 amide bonds. The molecular formula is C28H43FN8O2. The molecule has 6 aliphatic rings. The quantitative estimate of drug-likeness (QED) is 0.212. The Labute approximate surface area is 230 Å². The number of halogens is 1. The van der Waals surface area contributed by atoms with Crippen LogP contribution in [0.5, 0.6) is 0 Å². The molecule has 11 heteroatoms. The van der Waals surface area contributed by atoms with Crippen molar-refractivity contribution in [2.75, 3.05) is 26.4 Å². The van der Waals surface area contributed by atoms with Crippen LogP contribution in [0, 0.1) is 5.92 Å². The SMILES string of the molecule is C=CC(=O)N1CC=C(C2NC3C(CC2F)NCNC3NC2CCC(OC3=CC4NCNN4C=C3)C(C)C2)CC1. The maximum atomic E-state index is 15.4. The summed E-state index contributed by atoms with van der Waals surface area (Å²) in [5, 5.41) is 20.0. The minimum absolute atomic E-state index is 0.0554. The van der Waals surface area contributed by atoms with Crippen molar-refractivity contribution in [3.8, 4) is 0 Å². The standard InChI is InChI=1S/C28H43FN8O2/c1-3-25(38)36-9-6-18(7-10-36)26-21(29)14-22-27(35-26)28(32-15-30-22)34-19-4-5-23(17(2)12-19)39-20-8-11-37-24(13-20)31-16-33-37/h3,6,8,11,13,17,19,21-24,26-28,30-35H,1,4-5,7,9-10,12,14-16H2,2H3. The highest BCUT2D eigenvalue weighted by atomic mass is 19.1. The van der Waals surface area contributed by atoms with E-state index in [9.17, 15) is 4.79 Å². The number of nitrogens with zero attached hydrogens (tertiary/aromatic N) is 2. The van der Waals surface area contributed by atoms with Crippen LogP contribution in [0.4, 0.5) is 4.39 Å². The number of fused-ring (bicyclic) bond motifs is 2. The Balaban J connectivity index is 1.04. The van der Waals surface area contributed by atoms with E-state index in [-0.39, 0.29) is 42.5 Å². The third kappa shape index (κ3) is 5.79. The van der Waals surface area contributed by atoms with Crippen molar-refractivity contribution in [2.24, 2.45) is 5.92 Å². The first-order valence-electron chi connectivity index (χ1n) is 14.5. The van der Waals surface area contributed by atoms with Gasteiger partial charge in [0.05, 0.1) is 24.9 Å². The number of hydrazine groups is 1. The lowest BCUT2D eigenvalue weighted by atomic mass is 9.82. The van der Waals surface area contributed by atoms with Gasteiger partial charge in [-0.1, -0.05) is 25.2 Å². The molecule has 9 unspecified atom stereocenters. The van der Waals surface area contributed by atoms with Gasteiger partial charge < -0.3 is 15.0 Å². The molecule has 0 bridgehead atoms. The van der Waals surface area contributed by atoms with Gasteiger partial charge in [-0.3, -0.25) is 31.1 Å². The average molecular weight is 543 g/mol. The van der Waals surface area contributed by atoms with Crippen LogP contribution in [0.3, 0.4) is 0 Å². The van der Waals surface area contributed by atoms with Crippen LogP contribution in [0.1, 0.15) is 39.0 Å². The van der Waals surface area contributed by atoms with Crippen LogP contribution in [0.25, 0.3) is 0 Å². The highest BCUT2D eigenvalue weighted by Gasteiger charge is 2.44. The van der Waals surface area contributed by atoms with Gasteiger partial charge in [0.1, 0.15) is 24.2 Å². The Kier molecular flexibility index (Phi) is 8.06. The first kappa shape index (κ1) is 26.9. The number of rotatable bonds is 6. The molecule has 214 valence electrons. The zero-order valence-electron chi connectivity index (χ0n) is 22.7. The highest BCUT2D eigenvalue weighted by molar-refractivity contribution is 5.87. The number of nitrogens with one attached hydrogen (secondary N) is 6. The van der Waals surface area contributed by atoms with Gasteiger partial charge in [0.2, 0.25) is 5.91 Å². The number of alkyl halides is 1. The van der Waals surface area contributed by atoms with Crippen molar-refractivity contribution in [2.45, 2.75) is 87.8 Å². The molecule has 1 aliphatic carbocycles. The Hall–Kier alpha value is -2.28. The minimum Gasteiger partial charge on any atom is -0.490 e. The number of amides is 1. The van der Waals surface area contributed by atoms with E-state index in [1.54, 1.807) is 4.90 Å². The van der Waals surface area contributed by atoms with Gasteiger partial charge >= 0.3 is 0 Å².